The van der Waals surface area contributed by atoms with Crippen LogP contribution in [0.25, 0.3) is 75.1 Å². The van der Waals surface area contributed by atoms with Gasteiger partial charge in [-0.05, 0) is 103 Å². The third-order valence-corrected chi connectivity index (χ3v) is 12.9. The summed E-state index contributed by atoms with van der Waals surface area (Å²) in [6, 6.07) is 69.7. The Labute approximate surface area is 325 Å². The number of hydrogen-bond donors (Lipinski definition) is 0. The van der Waals surface area contributed by atoms with Crippen LogP contribution in [-0.2, 0) is 5.41 Å². The maximum atomic E-state index is 2.49. The van der Waals surface area contributed by atoms with Gasteiger partial charge in [-0.3, -0.25) is 0 Å². The highest BCUT2D eigenvalue weighted by atomic mass is 32.1. The zero-order chi connectivity index (χ0) is 36.7. The normalized spacial score (nSPS) is 13.1. The van der Waals surface area contributed by atoms with Gasteiger partial charge < -0.3 is 4.90 Å². The summed E-state index contributed by atoms with van der Waals surface area (Å²) >= 11 is 1.89. The molecule has 0 spiro atoms. The molecule has 1 nitrogen and oxygen atoms in total. The highest BCUT2D eigenvalue weighted by molar-refractivity contribution is 7.25. The standard InChI is InChI=1S/C53H37NS/c1-53(2)46-18-9-7-17-44(46)52-47(53)19-11-21-49(52)54(48-20-10-8-16-42(48)40-23-22-34-12-3-4-13-36(34)30-40)41-27-24-35(25-28-41)39-26-29-43-45-31-37-14-5-6-15-38(37)32-51(45)55-50(43)33-39/h3-33H,1-2H3. The van der Waals surface area contributed by atoms with Crippen molar-refractivity contribution in [3.8, 4) is 33.4 Å². The Morgan fingerprint density at radius 3 is 1.82 bits per heavy atom. The molecule has 0 atom stereocenters. The minimum atomic E-state index is -0.104. The van der Waals surface area contributed by atoms with Crippen molar-refractivity contribution in [1.82, 2.24) is 0 Å². The van der Waals surface area contributed by atoms with Crippen molar-refractivity contribution >= 4 is 70.1 Å². The van der Waals surface area contributed by atoms with Crippen LogP contribution in [0.3, 0.4) is 0 Å². The number of para-hydroxylation sites is 1. The lowest BCUT2D eigenvalue weighted by atomic mass is 9.82. The van der Waals surface area contributed by atoms with Crippen LogP contribution in [0.1, 0.15) is 25.0 Å². The summed E-state index contributed by atoms with van der Waals surface area (Å²) in [7, 11) is 0. The van der Waals surface area contributed by atoms with E-state index in [4.69, 9.17) is 0 Å². The molecule has 0 saturated heterocycles. The second kappa shape index (κ2) is 12.3. The minimum Gasteiger partial charge on any atom is -0.309 e. The number of nitrogens with zero attached hydrogens (tertiary/aromatic N) is 1. The largest absolute Gasteiger partial charge is 0.309 e. The molecule has 0 bridgehead atoms. The summed E-state index contributed by atoms with van der Waals surface area (Å²) in [6.45, 7) is 4.72. The first-order valence-electron chi connectivity index (χ1n) is 19.1. The molecule has 0 aliphatic heterocycles. The quantitative estimate of drug-likeness (QED) is 0.171. The fraction of sp³-hybridized carbons (Fsp3) is 0.0566. The summed E-state index contributed by atoms with van der Waals surface area (Å²) in [5, 5.41) is 7.73. The first kappa shape index (κ1) is 32.0. The average Bonchev–Trinajstić information content (AvgIpc) is 3.71. The molecule has 0 amide bonds. The van der Waals surface area contributed by atoms with E-state index in [1.807, 2.05) is 11.3 Å². The van der Waals surface area contributed by atoms with E-state index >= 15 is 0 Å². The highest BCUT2D eigenvalue weighted by Crippen LogP contribution is 2.55. The van der Waals surface area contributed by atoms with Gasteiger partial charge in [0.05, 0.1) is 11.4 Å². The Bertz CT molecular complexity index is 3130. The summed E-state index contributed by atoms with van der Waals surface area (Å²) in [6.07, 6.45) is 0. The molecule has 1 aromatic heterocycles. The van der Waals surface area contributed by atoms with E-state index in [2.05, 4.69) is 207 Å². The third kappa shape index (κ3) is 5.06. The summed E-state index contributed by atoms with van der Waals surface area (Å²) < 4.78 is 2.65. The van der Waals surface area contributed by atoms with Crippen LogP contribution in [0.5, 0.6) is 0 Å². The molecule has 9 aromatic carbocycles. The van der Waals surface area contributed by atoms with E-state index in [1.165, 1.54) is 91.9 Å². The molecule has 10 aromatic rings. The number of benzene rings is 9. The lowest BCUT2D eigenvalue weighted by Crippen LogP contribution is -2.16. The van der Waals surface area contributed by atoms with Crippen LogP contribution in [0.15, 0.2) is 188 Å². The predicted octanol–water partition coefficient (Wildman–Crippen LogP) is 15.5. The lowest BCUT2D eigenvalue weighted by molar-refractivity contribution is 0.660. The maximum Gasteiger partial charge on any atom is 0.0543 e. The van der Waals surface area contributed by atoms with Crippen molar-refractivity contribution < 1.29 is 0 Å². The molecular weight excluding hydrogens is 683 g/mol. The van der Waals surface area contributed by atoms with Crippen molar-refractivity contribution in [3.63, 3.8) is 0 Å². The Kier molecular flexibility index (Phi) is 7.14. The molecule has 0 fully saturated rings. The fourth-order valence-corrected chi connectivity index (χ4v) is 10.2. The van der Waals surface area contributed by atoms with Gasteiger partial charge in [0, 0.05) is 42.4 Å². The Balaban J connectivity index is 1.08. The summed E-state index contributed by atoms with van der Waals surface area (Å²) in [5.74, 6) is 0. The molecule has 11 rings (SSSR count). The van der Waals surface area contributed by atoms with Crippen LogP contribution < -0.4 is 4.90 Å². The van der Waals surface area contributed by atoms with E-state index < -0.39 is 0 Å². The SMILES string of the molecule is CC1(C)c2ccccc2-c2c(N(c3ccc(-c4ccc5c(c4)sc4cc6ccccc6cc45)cc3)c3ccccc3-c3ccc4ccccc4c3)cccc21. The first-order chi connectivity index (χ1) is 27.0. The maximum absolute atomic E-state index is 2.49. The van der Waals surface area contributed by atoms with Crippen LogP contribution in [0.2, 0.25) is 0 Å². The molecule has 0 radical (unpaired) electrons. The topological polar surface area (TPSA) is 3.24 Å². The molecule has 1 heterocycles. The summed E-state index contributed by atoms with van der Waals surface area (Å²) in [5.41, 5.74) is 13.6. The fourth-order valence-electron chi connectivity index (χ4n) is 9.04. The number of fused-ring (bicyclic) bond motifs is 8. The minimum absolute atomic E-state index is 0.104. The van der Waals surface area contributed by atoms with Crippen LogP contribution in [0, 0.1) is 0 Å². The van der Waals surface area contributed by atoms with Gasteiger partial charge in [-0.15, -0.1) is 11.3 Å². The molecular formula is C53H37NS. The van der Waals surface area contributed by atoms with E-state index in [0.29, 0.717) is 0 Å². The van der Waals surface area contributed by atoms with Gasteiger partial charge in [-0.2, -0.15) is 0 Å². The van der Waals surface area contributed by atoms with E-state index in [1.54, 1.807) is 0 Å². The van der Waals surface area contributed by atoms with Crippen molar-refractivity contribution in [2.45, 2.75) is 19.3 Å². The Morgan fingerprint density at radius 2 is 1.00 bits per heavy atom. The monoisotopic (exact) mass is 719 g/mol. The first-order valence-corrected chi connectivity index (χ1v) is 19.9. The second-order valence-electron chi connectivity index (χ2n) is 15.3. The van der Waals surface area contributed by atoms with Crippen LogP contribution in [0.4, 0.5) is 17.1 Å². The lowest BCUT2D eigenvalue weighted by Gasteiger charge is -2.30. The molecule has 0 N–H and O–H groups in total. The molecule has 0 saturated carbocycles. The number of anilines is 3. The molecule has 2 heteroatoms. The average molecular weight is 720 g/mol. The second-order valence-corrected chi connectivity index (χ2v) is 16.4. The number of rotatable bonds is 5. The van der Waals surface area contributed by atoms with Crippen molar-refractivity contribution in [2.24, 2.45) is 0 Å². The molecule has 260 valence electrons. The van der Waals surface area contributed by atoms with Gasteiger partial charge in [-0.1, -0.05) is 153 Å². The van der Waals surface area contributed by atoms with Crippen molar-refractivity contribution in [3.05, 3.63) is 199 Å². The van der Waals surface area contributed by atoms with Crippen LogP contribution >= 0.6 is 11.3 Å². The van der Waals surface area contributed by atoms with Crippen LogP contribution in [-0.4, -0.2) is 0 Å². The van der Waals surface area contributed by atoms with Crippen molar-refractivity contribution in [1.29, 1.82) is 0 Å². The smallest absolute Gasteiger partial charge is 0.0543 e. The zero-order valence-electron chi connectivity index (χ0n) is 30.8. The van der Waals surface area contributed by atoms with E-state index in [-0.39, 0.29) is 5.41 Å². The number of thiophene rings is 1. The molecule has 0 unspecified atom stereocenters. The van der Waals surface area contributed by atoms with E-state index in [0.717, 1.165) is 11.4 Å². The molecule has 1 aliphatic rings. The summed E-state index contributed by atoms with van der Waals surface area (Å²) in [4.78, 5) is 2.49. The molecule has 1 aliphatic carbocycles. The van der Waals surface area contributed by atoms with Gasteiger partial charge >= 0.3 is 0 Å². The zero-order valence-corrected chi connectivity index (χ0v) is 31.6. The Hall–Kier alpha value is -6.48. The van der Waals surface area contributed by atoms with Gasteiger partial charge in [0.2, 0.25) is 0 Å². The van der Waals surface area contributed by atoms with Crippen molar-refractivity contribution in [2.75, 3.05) is 4.90 Å². The third-order valence-electron chi connectivity index (χ3n) is 11.8. The van der Waals surface area contributed by atoms with Gasteiger partial charge in [0.15, 0.2) is 0 Å². The van der Waals surface area contributed by atoms with Gasteiger partial charge in [-0.25, -0.2) is 0 Å². The van der Waals surface area contributed by atoms with E-state index in [9.17, 15) is 0 Å². The predicted molar refractivity (Wildman–Crippen MR) is 237 cm³/mol. The number of hydrogen-bond acceptors (Lipinski definition) is 2. The highest BCUT2D eigenvalue weighted by Gasteiger charge is 2.38. The van der Waals surface area contributed by atoms with Gasteiger partial charge in [0.25, 0.3) is 0 Å². The van der Waals surface area contributed by atoms with Gasteiger partial charge in [0.1, 0.15) is 0 Å². The Morgan fingerprint density at radius 1 is 0.400 bits per heavy atom. The molecule has 55 heavy (non-hydrogen) atoms.